The molecule has 0 bridgehead atoms. The molecule has 2 rings (SSSR count). The van der Waals surface area contributed by atoms with E-state index in [-0.39, 0.29) is 0 Å². The second kappa shape index (κ2) is 9.49. The number of hydrogen-bond donors (Lipinski definition) is 2. The Kier molecular flexibility index (Phi) is 7.64. The highest BCUT2D eigenvalue weighted by atomic mass is 32.2. The summed E-state index contributed by atoms with van der Waals surface area (Å²) in [6.45, 7) is 4.97. The van der Waals surface area contributed by atoms with Crippen molar-refractivity contribution in [3.05, 3.63) is 16.1 Å². The van der Waals surface area contributed by atoms with E-state index in [0.717, 1.165) is 49.7 Å². The first-order chi connectivity index (χ1) is 11.9. The minimum absolute atomic E-state index is 0.475. The van der Waals surface area contributed by atoms with Gasteiger partial charge in [0.25, 0.3) is 0 Å². The first-order valence-corrected chi connectivity index (χ1v) is 11.4. The molecule has 1 aliphatic rings. The highest BCUT2D eigenvalue weighted by Gasteiger charge is 2.24. The van der Waals surface area contributed by atoms with Crippen molar-refractivity contribution in [2.75, 3.05) is 39.5 Å². The van der Waals surface area contributed by atoms with Gasteiger partial charge < -0.3 is 10.6 Å². The van der Waals surface area contributed by atoms with Gasteiger partial charge in [0.15, 0.2) is 5.96 Å². The zero-order valence-corrected chi connectivity index (χ0v) is 16.9. The number of rotatable bonds is 7. The summed E-state index contributed by atoms with van der Waals surface area (Å²) < 4.78 is 24.6. The molecule has 7 nitrogen and oxygen atoms in total. The Balaban J connectivity index is 1.67. The van der Waals surface area contributed by atoms with Crippen molar-refractivity contribution < 1.29 is 8.42 Å². The summed E-state index contributed by atoms with van der Waals surface area (Å²) in [5.74, 6) is 1.26. The van der Waals surface area contributed by atoms with Crippen LogP contribution in [-0.4, -0.2) is 63.1 Å². The lowest BCUT2D eigenvalue weighted by Gasteiger charge is -2.30. The van der Waals surface area contributed by atoms with Gasteiger partial charge in [-0.3, -0.25) is 4.99 Å². The molecule has 142 valence electrons. The Morgan fingerprint density at radius 2 is 2.12 bits per heavy atom. The number of hydrogen-bond acceptors (Lipinski definition) is 5. The monoisotopic (exact) mass is 387 g/mol. The van der Waals surface area contributed by atoms with Crippen molar-refractivity contribution in [2.45, 2.75) is 32.6 Å². The number of nitrogens with one attached hydrogen (secondary N) is 2. The Hall–Kier alpha value is -1.19. The van der Waals surface area contributed by atoms with Gasteiger partial charge in [0, 0.05) is 50.7 Å². The van der Waals surface area contributed by atoms with Gasteiger partial charge in [-0.2, -0.15) is 0 Å². The largest absolute Gasteiger partial charge is 0.356 e. The predicted octanol–water partition coefficient (Wildman–Crippen LogP) is 1.08. The van der Waals surface area contributed by atoms with Crippen molar-refractivity contribution in [1.82, 2.24) is 19.9 Å². The highest BCUT2D eigenvalue weighted by Crippen LogP contribution is 2.18. The van der Waals surface area contributed by atoms with E-state index in [9.17, 15) is 8.42 Å². The number of nitrogens with zero attached hydrogens (tertiary/aromatic N) is 3. The predicted molar refractivity (Wildman–Crippen MR) is 104 cm³/mol. The van der Waals surface area contributed by atoms with Gasteiger partial charge >= 0.3 is 0 Å². The van der Waals surface area contributed by atoms with E-state index < -0.39 is 10.0 Å². The maximum Gasteiger partial charge on any atom is 0.211 e. The standard InChI is InChI=1S/C16H29N5O2S2/c1-4-14-12-19-15(24-14)5-8-18-16(17-2)20-11-13-6-9-21(10-7-13)25(3,22)23/h12-13H,4-11H2,1-3H3,(H2,17,18,20). The Morgan fingerprint density at radius 3 is 2.68 bits per heavy atom. The Labute approximate surface area is 155 Å². The lowest BCUT2D eigenvalue weighted by molar-refractivity contribution is 0.275. The Bertz CT molecular complexity index is 664. The Morgan fingerprint density at radius 1 is 1.40 bits per heavy atom. The number of aryl methyl sites for hydroxylation is 1. The van der Waals surface area contributed by atoms with E-state index in [0.29, 0.717) is 19.0 Å². The molecule has 0 radical (unpaired) electrons. The van der Waals surface area contributed by atoms with Crippen LogP contribution in [-0.2, 0) is 22.9 Å². The van der Waals surface area contributed by atoms with Gasteiger partial charge in [-0.15, -0.1) is 11.3 Å². The van der Waals surface area contributed by atoms with Gasteiger partial charge in [0.2, 0.25) is 10.0 Å². The van der Waals surface area contributed by atoms with E-state index in [1.54, 1.807) is 22.7 Å². The summed E-state index contributed by atoms with van der Waals surface area (Å²) in [7, 11) is -1.29. The summed E-state index contributed by atoms with van der Waals surface area (Å²) in [6.07, 6.45) is 6.93. The normalized spacial score (nSPS) is 17.6. The third-order valence-corrected chi connectivity index (χ3v) is 6.91. The van der Waals surface area contributed by atoms with Crippen LogP contribution < -0.4 is 10.6 Å². The molecule has 0 unspecified atom stereocenters. The second-order valence-corrected chi connectivity index (χ2v) is 9.49. The topological polar surface area (TPSA) is 86.7 Å². The number of aromatic nitrogens is 1. The van der Waals surface area contributed by atoms with Crippen molar-refractivity contribution in [3.63, 3.8) is 0 Å². The third kappa shape index (κ3) is 6.56. The summed E-state index contributed by atoms with van der Waals surface area (Å²) >= 11 is 1.77. The molecular weight excluding hydrogens is 358 g/mol. The van der Waals surface area contributed by atoms with Gasteiger partial charge in [-0.25, -0.2) is 17.7 Å². The van der Waals surface area contributed by atoms with E-state index in [4.69, 9.17) is 0 Å². The second-order valence-electron chi connectivity index (χ2n) is 6.31. The van der Waals surface area contributed by atoms with Crippen LogP contribution in [0.25, 0.3) is 0 Å². The van der Waals surface area contributed by atoms with Crippen molar-refractivity contribution >= 4 is 27.3 Å². The van der Waals surface area contributed by atoms with E-state index in [1.165, 1.54) is 11.1 Å². The molecule has 25 heavy (non-hydrogen) atoms. The summed E-state index contributed by atoms with van der Waals surface area (Å²) in [4.78, 5) is 9.99. The molecule has 0 amide bonds. The zero-order chi connectivity index (χ0) is 18.3. The van der Waals surface area contributed by atoms with E-state index >= 15 is 0 Å². The average Bonchev–Trinajstić information content (AvgIpc) is 3.05. The summed E-state index contributed by atoms with van der Waals surface area (Å²) in [6, 6.07) is 0. The quantitative estimate of drug-likeness (QED) is 0.540. The molecule has 9 heteroatoms. The first-order valence-electron chi connectivity index (χ1n) is 8.75. The van der Waals surface area contributed by atoms with Crippen LogP contribution in [0.1, 0.15) is 29.7 Å². The lowest BCUT2D eigenvalue weighted by atomic mass is 9.98. The molecule has 0 aromatic carbocycles. The molecule has 1 aromatic rings. The molecule has 0 spiro atoms. The number of thiazole rings is 1. The van der Waals surface area contributed by atoms with Gasteiger partial charge in [0.05, 0.1) is 11.3 Å². The van der Waals surface area contributed by atoms with Crippen molar-refractivity contribution in [1.29, 1.82) is 0 Å². The number of sulfonamides is 1. The van der Waals surface area contributed by atoms with Crippen molar-refractivity contribution in [3.8, 4) is 0 Å². The van der Waals surface area contributed by atoms with Crippen LogP contribution in [0.3, 0.4) is 0 Å². The molecule has 1 aromatic heterocycles. The average molecular weight is 388 g/mol. The van der Waals surface area contributed by atoms with Crippen LogP contribution in [0.4, 0.5) is 0 Å². The molecule has 2 N–H and O–H groups in total. The smallest absolute Gasteiger partial charge is 0.211 e. The third-order valence-electron chi connectivity index (χ3n) is 4.41. The number of guanidine groups is 1. The van der Waals surface area contributed by atoms with Gasteiger partial charge in [-0.05, 0) is 25.2 Å². The van der Waals surface area contributed by atoms with Crippen LogP contribution in [0.15, 0.2) is 11.2 Å². The summed E-state index contributed by atoms with van der Waals surface area (Å²) in [5, 5.41) is 7.81. The zero-order valence-electron chi connectivity index (χ0n) is 15.3. The molecule has 0 aliphatic carbocycles. The van der Waals surface area contributed by atoms with Crippen LogP contribution >= 0.6 is 11.3 Å². The fraction of sp³-hybridized carbons (Fsp3) is 0.750. The molecule has 0 saturated carbocycles. The molecule has 2 heterocycles. The SMILES string of the molecule is CCc1cnc(CCNC(=NC)NCC2CCN(S(C)(=O)=O)CC2)s1. The summed E-state index contributed by atoms with van der Waals surface area (Å²) in [5.41, 5.74) is 0. The maximum absolute atomic E-state index is 11.5. The highest BCUT2D eigenvalue weighted by molar-refractivity contribution is 7.88. The van der Waals surface area contributed by atoms with Gasteiger partial charge in [0.1, 0.15) is 0 Å². The molecule has 0 atom stereocenters. The van der Waals surface area contributed by atoms with E-state index in [2.05, 4.69) is 27.5 Å². The minimum Gasteiger partial charge on any atom is -0.356 e. The molecular formula is C16H29N5O2S2. The fourth-order valence-electron chi connectivity index (χ4n) is 2.82. The fourth-order valence-corrected chi connectivity index (χ4v) is 4.56. The molecule has 1 fully saturated rings. The van der Waals surface area contributed by atoms with Crippen molar-refractivity contribution in [2.24, 2.45) is 10.9 Å². The molecule has 1 saturated heterocycles. The maximum atomic E-state index is 11.5. The first kappa shape index (κ1) is 20.1. The number of aliphatic imine (C=N–C) groups is 1. The lowest BCUT2D eigenvalue weighted by Crippen LogP contribution is -2.44. The van der Waals surface area contributed by atoms with E-state index in [1.807, 2.05) is 6.20 Å². The minimum atomic E-state index is -3.05. The number of piperidine rings is 1. The van der Waals surface area contributed by atoms with Crippen LogP contribution in [0.2, 0.25) is 0 Å². The van der Waals surface area contributed by atoms with Crippen LogP contribution in [0, 0.1) is 5.92 Å². The van der Waals surface area contributed by atoms with Crippen LogP contribution in [0.5, 0.6) is 0 Å². The molecule has 1 aliphatic heterocycles. The van der Waals surface area contributed by atoms with Gasteiger partial charge in [-0.1, -0.05) is 6.92 Å².